The number of rotatable bonds is 1. The first-order valence-corrected chi connectivity index (χ1v) is 8.09. The molecule has 1 unspecified atom stereocenters. The largest absolute Gasteiger partial charge is 0.391 e. The zero-order valence-electron chi connectivity index (χ0n) is 13.3. The van der Waals surface area contributed by atoms with Crippen LogP contribution in [0.25, 0.3) is 0 Å². The first-order chi connectivity index (χ1) is 10.2. The van der Waals surface area contributed by atoms with Crippen molar-refractivity contribution in [2.75, 3.05) is 0 Å². The van der Waals surface area contributed by atoms with E-state index in [4.69, 9.17) is 19.9 Å². The third kappa shape index (κ3) is 2.23. The lowest BCUT2D eigenvalue weighted by Crippen LogP contribution is -2.76. The molecule has 0 bridgehead atoms. The van der Waals surface area contributed by atoms with Crippen LogP contribution < -0.4 is 5.73 Å². The first-order valence-electron chi connectivity index (χ1n) is 8.09. The summed E-state index contributed by atoms with van der Waals surface area (Å²) in [5.74, 6) is -2.01. The van der Waals surface area contributed by atoms with Crippen molar-refractivity contribution >= 4 is 0 Å². The fourth-order valence-electron chi connectivity index (χ4n) is 3.99. The van der Waals surface area contributed by atoms with E-state index in [1.165, 1.54) is 0 Å². The summed E-state index contributed by atoms with van der Waals surface area (Å²) < 4.78 is 17.4. The molecule has 0 aromatic rings. The predicted molar refractivity (Wildman–Crippen MR) is 76.7 cm³/mol. The Balaban J connectivity index is 1.91. The van der Waals surface area contributed by atoms with E-state index >= 15 is 0 Å². The molecular formula is C15H27NO6. The van der Waals surface area contributed by atoms with Crippen molar-refractivity contribution in [3.63, 3.8) is 0 Å². The summed E-state index contributed by atoms with van der Waals surface area (Å²) >= 11 is 0. The number of ether oxygens (including phenoxy) is 3. The van der Waals surface area contributed by atoms with Gasteiger partial charge in [0, 0.05) is 6.42 Å². The van der Waals surface area contributed by atoms with E-state index in [9.17, 15) is 15.3 Å². The Hall–Kier alpha value is -0.280. The van der Waals surface area contributed by atoms with Gasteiger partial charge in [0.2, 0.25) is 12.1 Å². The molecule has 0 aromatic carbocycles. The van der Waals surface area contributed by atoms with Crippen molar-refractivity contribution < 1.29 is 29.5 Å². The minimum atomic E-state index is -1.98. The topological polar surface area (TPSA) is 114 Å². The molecule has 0 spiro atoms. The number of nitrogens with two attached hydrogens (primary N) is 1. The predicted octanol–water partition coefficient (Wildman–Crippen LogP) is -0.537. The normalized spacial score (nSPS) is 58.8. The fourth-order valence-corrected chi connectivity index (χ4v) is 3.99. The van der Waals surface area contributed by atoms with Gasteiger partial charge in [-0.25, -0.2) is 0 Å². The van der Waals surface area contributed by atoms with Crippen molar-refractivity contribution in [1.29, 1.82) is 0 Å². The van der Waals surface area contributed by atoms with Crippen molar-refractivity contribution in [1.82, 2.24) is 0 Å². The van der Waals surface area contributed by atoms with Crippen molar-refractivity contribution in [2.24, 2.45) is 11.7 Å². The molecule has 128 valence electrons. The molecule has 1 saturated carbocycles. The van der Waals surface area contributed by atoms with Gasteiger partial charge in [0.05, 0.1) is 24.4 Å². The van der Waals surface area contributed by atoms with Gasteiger partial charge < -0.3 is 35.3 Å². The third-order valence-electron chi connectivity index (χ3n) is 5.49. The second-order valence-electron chi connectivity index (χ2n) is 7.10. The van der Waals surface area contributed by atoms with E-state index in [0.29, 0.717) is 12.8 Å². The van der Waals surface area contributed by atoms with Crippen LogP contribution in [0.2, 0.25) is 0 Å². The lowest BCUT2D eigenvalue weighted by Gasteiger charge is -2.58. The lowest BCUT2D eigenvalue weighted by atomic mass is 9.77. The average Bonchev–Trinajstić information content (AvgIpc) is 2.46. The van der Waals surface area contributed by atoms with Gasteiger partial charge in [0.15, 0.2) is 0 Å². The Bertz CT molecular complexity index is 436. The van der Waals surface area contributed by atoms with Crippen LogP contribution in [0.4, 0.5) is 0 Å². The molecule has 2 aliphatic heterocycles. The van der Waals surface area contributed by atoms with Crippen molar-refractivity contribution in [2.45, 2.75) is 88.2 Å². The minimum Gasteiger partial charge on any atom is -0.391 e. The molecule has 0 radical (unpaired) electrons. The number of fused-ring (bicyclic) bond motifs is 2. The molecule has 22 heavy (non-hydrogen) atoms. The van der Waals surface area contributed by atoms with Crippen LogP contribution in [0.3, 0.4) is 0 Å². The molecular weight excluding hydrogens is 290 g/mol. The van der Waals surface area contributed by atoms with Gasteiger partial charge in [-0.15, -0.1) is 0 Å². The molecule has 3 aliphatic rings. The standard InChI is InChI=1S/C15H27NO6/c1-4-14(18)6-8(3)20-13-15(14,19)22-12-9(21-13)5-7(2)11(17)10(12)16/h7-13,17-19H,4-6,16H2,1-3H3/t7-,8+,9?,10-,11-,12-,13-,14-,15+/m0/s1. The van der Waals surface area contributed by atoms with Crippen LogP contribution in [-0.4, -0.2) is 63.5 Å². The number of hydrogen-bond donors (Lipinski definition) is 4. The highest BCUT2D eigenvalue weighted by atomic mass is 16.8. The van der Waals surface area contributed by atoms with Crippen LogP contribution >= 0.6 is 0 Å². The SMILES string of the molecule is CC[C@]1(O)C[C@@H](C)O[C@H]2OC3C[C@H](C)[C@H](O)[C@H](N)[C@H]3O[C@]21O. The number of aliphatic hydroxyl groups is 3. The van der Waals surface area contributed by atoms with E-state index in [-0.39, 0.29) is 24.5 Å². The zero-order valence-corrected chi connectivity index (χ0v) is 13.3. The second-order valence-corrected chi connectivity index (χ2v) is 7.10. The summed E-state index contributed by atoms with van der Waals surface area (Å²) in [6.45, 7) is 5.51. The van der Waals surface area contributed by atoms with E-state index in [2.05, 4.69) is 0 Å². The Morgan fingerprint density at radius 1 is 1.23 bits per heavy atom. The summed E-state index contributed by atoms with van der Waals surface area (Å²) in [7, 11) is 0. The summed E-state index contributed by atoms with van der Waals surface area (Å²) in [6, 6.07) is -0.681. The summed E-state index contributed by atoms with van der Waals surface area (Å²) in [5.41, 5.74) is 4.59. The maximum atomic E-state index is 11.0. The highest BCUT2D eigenvalue weighted by Crippen LogP contribution is 2.47. The highest BCUT2D eigenvalue weighted by Gasteiger charge is 2.66. The molecule has 0 aromatic heterocycles. The molecule has 7 heteroatoms. The zero-order chi connectivity index (χ0) is 16.3. The van der Waals surface area contributed by atoms with Crippen molar-refractivity contribution in [3.8, 4) is 0 Å². The number of aliphatic hydroxyl groups excluding tert-OH is 1. The maximum absolute atomic E-state index is 11.0. The van der Waals surface area contributed by atoms with Gasteiger partial charge in [-0.3, -0.25) is 0 Å². The smallest absolute Gasteiger partial charge is 0.248 e. The van der Waals surface area contributed by atoms with Crippen molar-refractivity contribution in [3.05, 3.63) is 0 Å². The molecule has 3 rings (SSSR count). The van der Waals surface area contributed by atoms with Gasteiger partial charge in [-0.2, -0.15) is 0 Å². The molecule has 2 saturated heterocycles. The highest BCUT2D eigenvalue weighted by molar-refractivity contribution is 5.07. The molecule has 5 N–H and O–H groups in total. The van der Waals surface area contributed by atoms with Gasteiger partial charge in [-0.1, -0.05) is 13.8 Å². The third-order valence-corrected chi connectivity index (χ3v) is 5.49. The maximum Gasteiger partial charge on any atom is 0.248 e. The number of hydrogen-bond acceptors (Lipinski definition) is 7. The van der Waals surface area contributed by atoms with Crippen LogP contribution in [0, 0.1) is 5.92 Å². The van der Waals surface area contributed by atoms with Crippen LogP contribution in [0.5, 0.6) is 0 Å². The summed E-state index contributed by atoms with van der Waals surface area (Å²) in [6.07, 6.45) is -1.99. The van der Waals surface area contributed by atoms with Crippen LogP contribution in [0.15, 0.2) is 0 Å². The molecule has 3 fully saturated rings. The van der Waals surface area contributed by atoms with E-state index in [1.807, 2.05) is 13.8 Å². The Morgan fingerprint density at radius 3 is 2.55 bits per heavy atom. The van der Waals surface area contributed by atoms with Gasteiger partial charge in [0.1, 0.15) is 11.7 Å². The average molecular weight is 317 g/mol. The van der Waals surface area contributed by atoms with E-state index < -0.39 is 35.9 Å². The van der Waals surface area contributed by atoms with Crippen LogP contribution in [-0.2, 0) is 14.2 Å². The van der Waals surface area contributed by atoms with E-state index in [0.717, 1.165) is 0 Å². The quantitative estimate of drug-likeness (QED) is 0.513. The summed E-state index contributed by atoms with van der Waals surface area (Å²) in [4.78, 5) is 0. The monoisotopic (exact) mass is 317 g/mol. The Kier molecular flexibility index (Phi) is 4.05. The molecule has 0 amide bonds. The Labute approximate surface area is 130 Å². The van der Waals surface area contributed by atoms with Gasteiger partial charge >= 0.3 is 0 Å². The second kappa shape index (κ2) is 5.37. The van der Waals surface area contributed by atoms with Crippen LogP contribution in [0.1, 0.15) is 40.0 Å². The Morgan fingerprint density at radius 2 is 1.91 bits per heavy atom. The lowest BCUT2D eigenvalue weighted by molar-refractivity contribution is -0.478. The molecule has 9 atom stereocenters. The summed E-state index contributed by atoms with van der Waals surface area (Å²) in [5, 5.41) is 32.0. The molecule has 2 heterocycles. The fraction of sp³-hybridized carbons (Fsp3) is 1.00. The van der Waals surface area contributed by atoms with Gasteiger partial charge in [0.25, 0.3) is 0 Å². The first kappa shape index (κ1) is 16.6. The van der Waals surface area contributed by atoms with E-state index in [1.54, 1.807) is 6.92 Å². The molecule has 1 aliphatic carbocycles. The van der Waals surface area contributed by atoms with Gasteiger partial charge in [-0.05, 0) is 25.7 Å². The minimum absolute atomic E-state index is 0.0304. The molecule has 7 nitrogen and oxygen atoms in total.